The molecule has 1 saturated heterocycles. The molecule has 0 aliphatic carbocycles. The van der Waals surface area contributed by atoms with Gasteiger partial charge in [-0.25, -0.2) is 4.99 Å². The molecule has 0 bridgehead atoms. The number of piperidine rings is 1. The second-order valence-corrected chi connectivity index (χ2v) is 7.92. The van der Waals surface area contributed by atoms with Crippen molar-refractivity contribution < 1.29 is 4.74 Å². The lowest BCUT2D eigenvalue weighted by atomic mass is 10.0. The number of nitriles is 1. The molecule has 1 unspecified atom stereocenters. The Hall–Kier alpha value is -3.12. The molecule has 9 nitrogen and oxygen atoms in total. The number of anilines is 1. The molecule has 1 aliphatic heterocycles. The minimum absolute atomic E-state index is 0.231. The summed E-state index contributed by atoms with van der Waals surface area (Å²) in [6.45, 7) is 8.38. The number of hydrogen-bond donors (Lipinski definition) is 2. The Labute approximate surface area is 190 Å². The molecule has 1 aromatic carbocycles. The average molecular weight is 439 g/mol. The first-order valence-electron chi connectivity index (χ1n) is 11.3. The predicted octanol–water partition coefficient (Wildman–Crippen LogP) is 2.13. The smallest absolute Gasteiger partial charge is 0.191 e. The van der Waals surface area contributed by atoms with Crippen molar-refractivity contribution in [3.8, 4) is 6.07 Å². The summed E-state index contributed by atoms with van der Waals surface area (Å²) in [5.74, 6) is 2.46. The molecule has 32 heavy (non-hydrogen) atoms. The van der Waals surface area contributed by atoms with Crippen molar-refractivity contribution in [2.45, 2.75) is 45.7 Å². The molecule has 1 atom stereocenters. The van der Waals surface area contributed by atoms with Crippen LogP contribution >= 0.6 is 0 Å². The zero-order valence-electron chi connectivity index (χ0n) is 19.3. The van der Waals surface area contributed by atoms with Gasteiger partial charge in [-0.1, -0.05) is 12.1 Å². The van der Waals surface area contributed by atoms with Gasteiger partial charge < -0.3 is 24.8 Å². The lowest BCUT2D eigenvalue weighted by Crippen LogP contribution is -2.51. The standard InChI is InChI=1S/C23H34N8O/c1-4-32-14-8-12-25-23(26-16-22-29-28-18(2)30(22)3)27-20-10-7-13-31(17-20)21-11-6-5-9-19(21)15-24/h5-6,9,11,20H,4,7-8,10,12-14,16-17H2,1-3H3,(H2,25,26,27). The van der Waals surface area contributed by atoms with E-state index in [1.807, 2.05) is 49.7 Å². The van der Waals surface area contributed by atoms with Crippen LogP contribution in [0.2, 0.25) is 0 Å². The van der Waals surface area contributed by atoms with Crippen molar-refractivity contribution in [1.29, 1.82) is 5.26 Å². The Morgan fingerprint density at radius 3 is 2.94 bits per heavy atom. The zero-order chi connectivity index (χ0) is 22.8. The summed E-state index contributed by atoms with van der Waals surface area (Å²) in [4.78, 5) is 7.06. The van der Waals surface area contributed by atoms with Gasteiger partial charge in [-0.05, 0) is 45.2 Å². The number of nitrogens with zero attached hydrogens (tertiary/aromatic N) is 6. The first-order chi connectivity index (χ1) is 15.6. The summed E-state index contributed by atoms with van der Waals surface area (Å²) in [6, 6.07) is 10.3. The summed E-state index contributed by atoms with van der Waals surface area (Å²) < 4.78 is 7.40. The van der Waals surface area contributed by atoms with E-state index >= 15 is 0 Å². The third-order valence-electron chi connectivity index (χ3n) is 5.65. The van der Waals surface area contributed by atoms with E-state index in [2.05, 4.69) is 31.8 Å². The molecule has 1 aromatic heterocycles. The van der Waals surface area contributed by atoms with Gasteiger partial charge in [0.05, 0.1) is 11.3 Å². The van der Waals surface area contributed by atoms with E-state index < -0.39 is 0 Å². The van der Waals surface area contributed by atoms with Gasteiger partial charge in [0.2, 0.25) is 0 Å². The Kier molecular flexibility index (Phi) is 8.87. The van der Waals surface area contributed by atoms with E-state index in [1.165, 1.54) is 0 Å². The molecular formula is C23H34N8O. The van der Waals surface area contributed by atoms with E-state index in [1.54, 1.807) is 0 Å². The third-order valence-corrected chi connectivity index (χ3v) is 5.65. The quantitative estimate of drug-likeness (QED) is 0.351. The fraction of sp³-hybridized carbons (Fsp3) is 0.565. The molecule has 9 heteroatoms. The predicted molar refractivity (Wildman–Crippen MR) is 126 cm³/mol. The molecule has 2 aromatic rings. The highest BCUT2D eigenvalue weighted by Gasteiger charge is 2.22. The van der Waals surface area contributed by atoms with Gasteiger partial charge in [0.15, 0.2) is 11.8 Å². The van der Waals surface area contributed by atoms with Gasteiger partial charge in [0.25, 0.3) is 0 Å². The largest absolute Gasteiger partial charge is 0.382 e. The van der Waals surface area contributed by atoms with Gasteiger partial charge in [-0.3, -0.25) is 0 Å². The van der Waals surface area contributed by atoms with Crippen molar-refractivity contribution >= 4 is 11.6 Å². The number of rotatable bonds is 9. The molecule has 0 amide bonds. The second kappa shape index (κ2) is 12.1. The van der Waals surface area contributed by atoms with Crippen LogP contribution in [0.5, 0.6) is 0 Å². The van der Waals surface area contributed by atoms with Crippen LogP contribution in [0, 0.1) is 18.3 Å². The van der Waals surface area contributed by atoms with Crippen molar-refractivity contribution in [3.63, 3.8) is 0 Å². The number of aryl methyl sites for hydroxylation is 1. The van der Waals surface area contributed by atoms with Crippen molar-refractivity contribution in [2.24, 2.45) is 12.0 Å². The van der Waals surface area contributed by atoms with Crippen LogP contribution in [-0.2, 0) is 18.3 Å². The number of hydrogen-bond acceptors (Lipinski definition) is 6. The molecule has 3 rings (SSSR count). The Bertz CT molecular complexity index is 932. The fourth-order valence-corrected chi connectivity index (χ4v) is 3.77. The second-order valence-electron chi connectivity index (χ2n) is 7.92. The van der Waals surface area contributed by atoms with Crippen LogP contribution < -0.4 is 15.5 Å². The Morgan fingerprint density at radius 2 is 2.19 bits per heavy atom. The lowest BCUT2D eigenvalue weighted by molar-refractivity contribution is 0.145. The van der Waals surface area contributed by atoms with E-state index in [0.717, 1.165) is 75.4 Å². The maximum absolute atomic E-state index is 9.48. The van der Waals surface area contributed by atoms with Crippen LogP contribution in [0.25, 0.3) is 0 Å². The maximum Gasteiger partial charge on any atom is 0.191 e. The Balaban J connectivity index is 1.66. The van der Waals surface area contributed by atoms with Crippen LogP contribution in [0.3, 0.4) is 0 Å². The number of nitrogens with one attached hydrogen (secondary N) is 2. The van der Waals surface area contributed by atoms with Gasteiger partial charge in [-0.2, -0.15) is 5.26 Å². The molecule has 0 spiro atoms. The van der Waals surface area contributed by atoms with Gasteiger partial charge in [0.1, 0.15) is 18.4 Å². The van der Waals surface area contributed by atoms with Crippen molar-refractivity contribution in [1.82, 2.24) is 25.4 Å². The summed E-state index contributed by atoms with van der Waals surface area (Å²) >= 11 is 0. The number of aromatic nitrogens is 3. The Morgan fingerprint density at radius 1 is 1.34 bits per heavy atom. The topological polar surface area (TPSA) is 103 Å². The zero-order valence-corrected chi connectivity index (χ0v) is 19.3. The minimum Gasteiger partial charge on any atom is -0.382 e. The highest BCUT2D eigenvalue weighted by Crippen LogP contribution is 2.23. The molecule has 1 fully saturated rings. The summed E-state index contributed by atoms with van der Waals surface area (Å²) in [5.41, 5.74) is 1.72. The number of benzene rings is 1. The monoisotopic (exact) mass is 438 g/mol. The van der Waals surface area contributed by atoms with E-state index in [-0.39, 0.29) is 6.04 Å². The number of aliphatic imine (C=N–C) groups is 1. The molecule has 0 saturated carbocycles. The van der Waals surface area contributed by atoms with E-state index in [9.17, 15) is 5.26 Å². The molecular weight excluding hydrogens is 404 g/mol. The normalized spacial score (nSPS) is 16.6. The van der Waals surface area contributed by atoms with E-state index in [4.69, 9.17) is 9.73 Å². The average Bonchev–Trinajstić information content (AvgIpc) is 3.14. The highest BCUT2D eigenvalue weighted by molar-refractivity contribution is 5.80. The number of para-hydroxylation sites is 1. The molecule has 1 aliphatic rings. The van der Waals surface area contributed by atoms with E-state index in [0.29, 0.717) is 12.1 Å². The van der Waals surface area contributed by atoms with Gasteiger partial charge >= 0.3 is 0 Å². The van der Waals surface area contributed by atoms with Crippen LogP contribution in [-0.4, -0.2) is 59.6 Å². The van der Waals surface area contributed by atoms with Gasteiger partial charge in [-0.15, -0.1) is 10.2 Å². The minimum atomic E-state index is 0.231. The van der Waals surface area contributed by atoms with Gasteiger partial charge in [0, 0.05) is 45.9 Å². The third kappa shape index (κ3) is 6.44. The SMILES string of the molecule is CCOCCCNC(=NCc1nnc(C)n1C)NC1CCCN(c2ccccc2C#N)C1. The fourth-order valence-electron chi connectivity index (χ4n) is 3.77. The summed E-state index contributed by atoms with van der Waals surface area (Å²) in [5, 5.41) is 24.8. The first-order valence-corrected chi connectivity index (χ1v) is 11.3. The maximum atomic E-state index is 9.48. The highest BCUT2D eigenvalue weighted by atomic mass is 16.5. The number of guanidine groups is 1. The van der Waals surface area contributed by atoms with Crippen LogP contribution in [0.15, 0.2) is 29.3 Å². The molecule has 172 valence electrons. The van der Waals surface area contributed by atoms with Crippen molar-refractivity contribution in [2.75, 3.05) is 37.7 Å². The first kappa shape index (κ1) is 23.5. The summed E-state index contributed by atoms with van der Waals surface area (Å²) in [7, 11) is 1.95. The van der Waals surface area contributed by atoms with Crippen molar-refractivity contribution in [3.05, 3.63) is 41.5 Å². The van der Waals surface area contributed by atoms with Crippen LogP contribution in [0.1, 0.15) is 43.4 Å². The lowest BCUT2D eigenvalue weighted by Gasteiger charge is -2.35. The number of ether oxygens (including phenoxy) is 1. The molecule has 2 N–H and O–H groups in total. The molecule has 0 radical (unpaired) electrons. The molecule has 2 heterocycles. The van der Waals surface area contributed by atoms with Crippen LogP contribution in [0.4, 0.5) is 5.69 Å². The summed E-state index contributed by atoms with van der Waals surface area (Å²) in [6.07, 6.45) is 3.01.